The summed E-state index contributed by atoms with van der Waals surface area (Å²) in [6, 6.07) is 4.74. The summed E-state index contributed by atoms with van der Waals surface area (Å²) in [7, 11) is -2.00. The average molecular weight is 423 g/mol. The number of nitro benzene ring substituents is 1. The summed E-state index contributed by atoms with van der Waals surface area (Å²) in [5, 5.41) is 12.8. The predicted octanol–water partition coefficient (Wildman–Crippen LogP) is 3.13. The Hall–Kier alpha value is -1.55. The van der Waals surface area contributed by atoms with Crippen molar-refractivity contribution in [2.24, 2.45) is 23.7 Å². The summed E-state index contributed by atoms with van der Waals surface area (Å²) in [6.45, 7) is -0.0439. The van der Waals surface area contributed by atoms with E-state index in [-0.39, 0.29) is 28.8 Å². The van der Waals surface area contributed by atoms with Crippen molar-refractivity contribution in [1.82, 2.24) is 5.06 Å². The van der Waals surface area contributed by atoms with Gasteiger partial charge in [0.15, 0.2) is 0 Å². The van der Waals surface area contributed by atoms with Crippen molar-refractivity contribution in [2.45, 2.75) is 55.1 Å². The standard InChI is InChI=1S/C20H26N2O6S/c1-21-20(15-7-13-6-14(9-15)10-16(20)8-13)11-18(28-21)12-27-29(25,26)19-4-2-17(3-5-19)22(23)24/h2-5,13-16,18H,6-12H2,1H3/t13?,14?,15?,16?,18-,20?/m1/s1. The molecule has 0 amide bonds. The third kappa shape index (κ3) is 3.10. The largest absolute Gasteiger partial charge is 0.297 e. The Kier molecular flexibility index (Phi) is 4.51. The first-order chi connectivity index (χ1) is 13.8. The zero-order valence-corrected chi connectivity index (χ0v) is 17.2. The number of nitro groups is 1. The van der Waals surface area contributed by atoms with E-state index in [1.54, 1.807) is 0 Å². The highest BCUT2D eigenvalue weighted by Gasteiger charge is 2.62. The number of hydroxylamine groups is 2. The maximum absolute atomic E-state index is 12.5. The van der Waals surface area contributed by atoms with Crippen LogP contribution in [0.5, 0.6) is 0 Å². The molecule has 1 spiro atoms. The fraction of sp³-hybridized carbons (Fsp3) is 0.700. The molecule has 4 aliphatic carbocycles. The molecule has 6 rings (SSSR count). The zero-order valence-electron chi connectivity index (χ0n) is 16.4. The van der Waals surface area contributed by atoms with Gasteiger partial charge in [0.1, 0.15) is 6.10 Å². The molecule has 1 aliphatic heterocycles. The predicted molar refractivity (Wildman–Crippen MR) is 103 cm³/mol. The molecule has 0 radical (unpaired) electrons. The van der Waals surface area contributed by atoms with Gasteiger partial charge in [0, 0.05) is 19.2 Å². The van der Waals surface area contributed by atoms with Crippen molar-refractivity contribution in [3.63, 3.8) is 0 Å². The smallest absolute Gasteiger partial charge is 0.293 e. The maximum atomic E-state index is 12.5. The van der Waals surface area contributed by atoms with Gasteiger partial charge in [-0.05, 0) is 74.3 Å². The van der Waals surface area contributed by atoms with E-state index in [0.29, 0.717) is 11.8 Å². The summed E-state index contributed by atoms with van der Waals surface area (Å²) in [4.78, 5) is 16.2. The van der Waals surface area contributed by atoms with Gasteiger partial charge in [0.2, 0.25) is 0 Å². The third-order valence-electron chi connectivity index (χ3n) is 7.75. The summed E-state index contributed by atoms with van der Waals surface area (Å²) in [5.74, 6) is 2.96. The van der Waals surface area contributed by atoms with Crippen LogP contribution in [0.15, 0.2) is 29.2 Å². The quantitative estimate of drug-likeness (QED) is 0.408. The Balaban J connectivity index is 1.27. The molecule has 4 bridgehead atoms. The maximum Gasteiger partial charge on any atom is 0.297 e. The highest BCUT2D eigenvalue weighted by Crippen LogP contribution is 2.62. The number of rotatable bonds is 5. The molecule has 1 aromatic rings. The SMILES string of the molecule is CN1O[C@@H](COS(=O)(=O)c2ccc([N+](=O)[O-])cc2)CC12C1CC3CC(C1)CC2C3. The van der Waals surface area contributed by atoms with Crippen molar-refractivity contribution in [3.05, 3.63) is 34.4 Å². The molecular weight excluding hydrogens is 396 g/mol. The van der Waals surface area contributed by atoms with Crippen molar-refractivity contribution in [2.75, 3.05) is 13.7 Å². The topological polar surface area (TPSA) is 99.0 Å². The Bertz CT molecular complexity index is 887. The lowest BCUT2D eigenvalue weighted by Gasteiger charge is -2.61. The van der Waals surface area contributed by atoms with Gasteiger partial charge in [-0.25, -0.2) is 0 Å². The molecule has 1 heterocycles. The van der Waals surface area contributed by atoms with Gasteiger partial charge in [0.25, 0.3) is 15.8 Å². The molecule has 0 aromatic heterocycles. The van der Waals surface area contributed by atoms with Crippen molar-refractivity contribution < 1.29 is 22.4 Å². The molecule has 29 heavy (non-hydrogen) atoms. The lowest BCUT2D eigenvalue weighted by atomic mass is 9.47. The van der Waals surface area contributed by atoms with Gasteiger partial charge < -0.3 is 0 Å². The van der Waals surface area contributed by atoms with Gasteiger partial charge in [-0.2, -0.15) is 13.5 Å². The second kappa shape index (κ2) is 6.73. The van der Waals surface area contributed by atoms with Crippen LogP contribution in [-0.2, 0) is 19.1 Å². The molecular formula is C20H26N2O6S. The number of nitrogens with zero attached hydrogens (tertiary/aromatic N) is 2. The Morgan fingerprint density at radius 3 is 2.28 bits per heavy atom. The van der Waals surface area contributed by atoms with Crippen LogP contribution in [-0.4, -0.2) is 43.7 Å². The van der Waals surface area contributed by atoms with Crippen molar-refractivity contribution in [3.8, 4) is 0 Å². The summed E-state index contributed by atoms with van der Waals surface area (Å²) in [6.07, 6.45) is 6.92. The monoisotopic (exact) mass is 422 g/mol. The molecule has 8 nitrogen and oxygen atoms in total. The summed E-state index contributed by atoms with van der Waals surface area (Å²) in [5.41, 5.74) is -0.146. The Morgan fingerprint density at radius 1 is 1.14 bits per heavy atom. The minimum absolute atomic E-state index is 0.0125. The van der Waals surface area contributed by atoms with Crippen LogP contribution in [0.1, 0.15) is 38.5 Å². The first-order valence-corrected chi connectivity index (χ1v) is 11.7. The van der Waals surface area contributed by atoms with E-state index in [2.05, 4.69) is 0 Å². The molecule has 5 fully saturated rings. The minimum atomic E-state index is -3.99. The first-order valence-electron chi connectivity index (χ1n) is 10.3. The summed E-state index contributed by atoms with van der Waals surface area (Å²) >= 11 is 0. The second-order valence-corrected chi connectivity index (χ2v) is 10.8. The van der Waals surface area contributed by atoms with E-state index in [4.69, 9.17) is 9.02 Å². The molecule has 1 atom stereocenters. The highest BCUT2D eigenvalue weighted by molar-refractivity contribution is 7.86. The number of non-ortho nitro benzene ring substituents is 1. The molecule has 5 aliphatic rings. The molecule has 4 saturated carbocycles. The van der Waals surface area contributed by atoms with Crippen molar-refractivity contribution >= 4 is 15.8 Å². The van der Waals surface area contributed by atoms with E-state index in [0.717, 1.165) is 18.3 Å². The third-order valence-corrected chi connectivity index (χ3v) is 9.04. The van der Waals surface area contributed by atoms with Gasteiger partial charge in [-0.1, -0.05) is 0 Å². The normalized spacial score (nSPS) is 38.7. The van der Waals surface area contributed by atoms with Crippen LogP contribution < -0.4 is 0 Å². The first kappa shape index (κ1) is 19.4. The number of hydrogen-bond acceptors (Lipinski definition) is 7. The lowest BCUT2D eigenvalue weighted by molar-refractivity contribution is -0.384. The number of benzene rings is 1. The second-order valence-electron chi connectivity index (χ2n) is 9.21. The average Bonchev–Trinajstić information content (AvgIpc) is 3.01. The van der Waals surface area contributed by atoms with E-state index in [1.165, 1.54) is 56.4 Å². The zero-order chi connectivity index (χ0) is 20.4. The van der Waals surface area contributed by atoms with E-state index in [9.17, 15) is 18.5 Å². The fourth-order valence-electron chi connectivity index (χ4n) is 6.76. The molecule has 9 heteroatoms. The van der Waals surface area contributed by atoms with Crippen molar-refractivity contribution in [1.29, 1.82) is 0 Å². The van der Waals surface area contributed by atoms with Crippen LogP contribution in [0, 0.1) is 33.8 Å². The van der Waals surface area contributed by atoms with E-state index in [1.807, 2.05) is 12.1 Å². The lowest BCUT2D eigenvalue weighted by Crippen LogP contribution is -2.62. The highest BCUT2D eigenvalue weighted by atomic mass is 32.2. The van der Waals surface area contributed by atoms with Gasteiger partial charge in [-0.15, -0.1) is 0 Å². The molecule has 0 unspecified atom stereocenters. The molecule has 1 aromatic carbocycles. The van der Waals surface area contributed by atoms with Crippen LogP contribution >= 0.6 is 0 Å². The molecule has 1 saturated heterocycles. The van der Waals surface area contributed by atoms with E-state index < -0.39 is 15.0 Å². The van der Waals surface area contributed by atoms with Gasteiger partial charge in [-0.3, -0.25) is 19.1 Å². The Labute approximate surface area is 170 Å². The van der Waals surface area contributed by atoms with E-state index >= 15 is 0 Å². The fourth-order valence-corrected chi connectivity index (χ4v) is 7.69. The van der Waals surface area contributed by atoms with Crippen LogP contribution in [0.4, 0.5) is 5.69 Å². The molecule has 0 N–H and O–H groups in total. The van der Waals surface area contributed by atoms with Crippen LogP contribution in [0.3, 0.4) is 0 Å². The summed E-state index contributed by atoms with van der Waals surface area (Å²) < 4.78 is 30.3. The Morgan fingerprint density at radius 2 is 1.72 bits per heavy atom. The molecule has 158 valence electrons. The van der Waals surface area contributed by atoms with Crippen LogP contribution in [0.25, 0.3) is 0 Å². The van der Waals surface area contributed by atoms with Crippen LogP contribution in [0.2, 0.25) is 0 Å². The minimum Gasteiger partial charge on any atom is -0.293 e. The van der Waals surface area contributed by atoms with Gasteiger partial charge in [0.05, 0.1) is 22.0 Å². The number of hydrogen-bond donors (Lipinski definition) is 0. The van der Waals surface area contributed by atoms with Gasteiger partial charge >= 0.3 is 0 Å².